The van der Waals surface area contributed by atoms with E-state index in [2.05, 4.69) is 25.7 Å². The monoisotopic (exact) mass is 261 g/mol. The summed E-state index contributed by atoms with van der Waals surface area (Å²) in [4.78, 5) is 22.0. The van der Waals surface area contributed by atoms with Crippen LogP contribution < -0.4 is 16.6 Å². The average Bonchev–Trinajstić information content (AvgIpc) is 2.45. The number of nitrogens with two attached hydrogens (primary N) is 1. The lowest BCUT2D eigenvalue weighted by molar-refractivity contribution is -0.384. The highest BCUT2D eigenvalue weighted by molar-refractivity contribution is 5.56. The fourth-order valence-electron chi connectivity index (χ4n) is 1.39. The number of aromatic nitrogens is 3. The first-order valence-electron chi connectivity index (χ1n) is 5.32. The van der Waals surface area contributed by atoms with Gasteiger partial charge in [0, 0.05) is 6.20 Å². The number of nitro groups is 1. The number of pyridine rings is 1. The smallest absolute Gasteiger partial charge is 0.329 e. The van der Waals surface area contributed by atoms with Crippen LogP contribution in [0.2, 0.25) is 0 Å². The predicted molar refractivity (Wildman–Crippen MR) is 68.1 cm³/mol. The van der Waals surface area contributed by atoms with Crippen LogP contribution in [0.15, 0.2) is 30.6 Å². The Hall–Kier alpha value is -2.81. The van der Waals surface area contributed by atoms with Gasteiger partial charge in [0.1, 0.15) is 6.20 Å². The summed E-state index contributed by atoms with van der Waals surface area (Å²) in [5.41, 5.74) is 2.74. The van der Waals surface area contributed by atoms with Gasteiger partial charge in [-0.2, -0.15) is 4.98 Å². The third kappa shape index (κ3) is 3.10. The Morgan fingerprint density at radius 3 is 2.84 bits per heavy atom. The molecule has 2 aromatic rings. The van der Waals surface area contributed by atoms with Gasteiger partial charge in [-0.25, -0.2) is 10.8 Å². The maximum absolute atomic E-state index is 10.9. The van der Waals surface area contributed by atoms with E-state index < -0.39 is 4.92 Å². The van der Waals surface area contributed by atoms with Gasteiger partial charge in [-0.3, -0.25) is 20.5 Å². The molecule has 0 bridgehead atoms. The minimum absolute atomic E-state index is 0.0820. The predicted octanol–water partition coefficient (Wildman–Crippen LogP) is 0.677. The van der Waals surface area contributed by atoms with Crippen molar-refractivity contribution >= 4 is 17.5 Å². The number of nitrogens with zero attached hydrogens (tertiary/aromatic N) is 4. The van der Waals surface area contributed by atoms with Crippen LogP contribution in [-0.4, -0.2) is 19.9 Å². The quantitative estimate of drug-likeness (QED) is 0.406. The van der Waals surface area contributed by atoms with E-state index in [4.69, 9.17) is 5.84 Å². The number of hydrogen-bond donors (Lipinski definition) is 3. The Morgan fingerprint density at radius 1 is 1.37 bits per heavy atom. The molecule has 0 amide bonds. The molecule has 0 aliphatic carbocycles. The van der Waals surface area contributed by atoms with Crippen molar-refractivity contribution in [2.45, 2.75) is 6.54 Å². The second-order valence-corrected chi connectivity index (χ2v) is 3.50. The SMILES string of the molecule is NNc1ncc([N+](=O)[O-])c(NCc2ccccn2)n1. The molecule has 0 spiro atoms. The molecule has 2 heterocycles. The molecule has 0 saturated heterocycles. The molecule has 0 aliphatic heterocycles. The minimum atomic E-state index is -0.568. The van der Waals surface area contributed by atoms with E-state index in [1.54, 1.807) is 18.3 Å². The Bertz CT molecular complexity index is 575. The van der Waals surface area contributed by atoms with Crippen molar-refractivity contribution in [2.75, 3.05) is 10.7 Å². The zero-order chi connectivity index (χ0) is 13.7. The lowest BCUT2D eigenvalue weighted by Gasteiger charge is -2.06. The summed E-state index contributed by atoms with van der Waals surface area (Å²) < 4.78 is 0. The third-order valence-electron chi connectivity index (χ3n) is 2.26. The lowest BCUT2D eigenvalue weighted by Crippen LogP contribution is -2.13. The Kier molecular flexibility index (Phi) is 3.78. The number of rotatable bonds is 5. The summed E-state index contributed by atoms with van der Waals surface area (Å²) in [5, 5.41) is 13.7. The summed E-state index contributed by atoms with van der Waals surface area (Å²) in [6, 6.07) is 5.40. The molecular formula is C10H11N7O2. The first-order chi connectivity index (χ1) is 9.20. The first-order valence-corrected chi connectivity index (χ1v) is 5.32. The molecule has 2 aromatic heterocycles. The summed E-state index contributed by atoms with van der Waals surface area (Å²) in [7, 11) is 0. The van der Waals surface area contributed by atoms with Crippen molar-refractivity contribution in [3.63, 3.8) is 0 Å². The molecule has 0 radical (unpaired) electrons. The van der Waals surface area contributed by atoms with Gasteiger partial charge in [-0.15, -0.1) is 0 Å². The average molecular weight is 261 g/mol. The molecule has 0 aromatic carbocycles. The van der Waals surface area contributed by atoms with Crippen LogP contribution in [0.25, 0.3) is 0 Å². The first kappa shape index (κ1) is 12.6. The van der Waals surface area contributed by atoms with Gasteiger partial charge in [0.15, 0.2) is 0 Å². The van der Waals surface area contributed by atoms with Crippen molar-refractivity contribution in [3.8, 4) is 0 Å². The van der Waals surface area contributed by atoms with Crippen LogP contribution in [0.4, 0.5) is 17.5 Å². The Labute approximate surface area is 108 Å². The van der Waals surface area contributed by atoms with Crippen LogP contribution in [0.1, 0.15) is 5.69 Å². The molecular weight excluding hydrogens is 250 g/mol. The number of nitrogens with one attached hydrogen (secondary N) is 2. The normalized spacial score (nSPS) is 9.95. The molecule has 4 N–H and O–H groups in total. The van der Waals surface area contributed by atoms with Gasteiger partial charge in [0.2, 0.25) is 11.8 Å². The van der Waals surface area contributed by atoms with Gasteiger partial charge < -0.3 is 5.32 Å². The van der Waals surface area contributed by atoms with Crippen molar-refractivity contribution in [2.24, 2.45) is 5.84 Å². The number of hydrazine groups is 1. The van der Waals surface area contributed by atoms with E-state index in [0.29, 0.717) is 6.54 Å². The highest BCUT2D eigenvalue weighted by Gasteiger charge is 2.16. The van der Waals surface area contributed by atoms with Crippen LogP contribution in [-0.2, 0) is 6.54 Å². The molecule has 0 atom stereocenters. The zero-order valence-corrected chi connectivity index (χ0v) is 9.78. The topological polar surface area (TPSA) is 132 Å². The molecule has 0 unspecified atom stereocenters. The Morgan fingerprint density at radius 2 is 2.21 bits per heavy atom. The number of hydrogen-bond acceptors (Lipinski definition) is 8. The van der Waals surface area contributed by atoms with E-state index in [1.165, 1.54) is 0 Å². The van der Waals surface area contributed by atoms with Crippen LogP contribution >= 0.6 is 0 Å². The van der Waals surface area contributed by atoms with E-state index in [1.807, 2.05) is 6.07 Å². The summed E-state index contributed by atoms with van der Waals surface area (Å²) in [6.45, 7) is 0.308. The zero-order valence-electron chi connectivity index (χ0n) is 9.78. The van der Waals surface area contributed by atoms with Crippen molar-refractivity contribution in [1.82, 2.24) is 15.0 Å². The fraction of sp³-hybridized carbons (Fsp3) is 0.100. The van der Waals surface area contributed by atoms with Crippen molar-refractivity contribution < 1.29 is 4.92 Å². The maximum Gasteiger partial charge on any atom is 0.329 e. The lowest BCUT2D eigenvalue weighted by atomic mass is 10.3. The number of anilines is 2. The molecule has 9 nitrogen and oxygen atoms in total. The van der Waals surface area contributed by atoms with E-state index >= 15 is 0 Å². The van der Waals surface area contributed by atoms with Crippen molar-refractivity contribution in [1.29, 1.82) is 0 Å². The molecule has 0 aliphatic rings. The highest BCUT2D eigenvalue weighted by Crippen LogP contribution is 2.21. The third-order valence-corrected chi connectivity index (χ3v) is 2.26. The van der Waals surface area contributed by atoms with Crippen molar-refractivity contribution in [3.05, 3.63) is 46.4 Å². The second-order valence-electron chi connectivity index (χ2n) is 3.50. The van der Waals surface area contributed by atoms with E-state index in [9.17, 15) is 10.1 Å². The molecule has 9 heteroatoms. The summed E-state index contributed by atoms with van der Waals surface area (Å²) in [5.74, 6) is 5.34. The maximum atomic E-state index is 10.9. The molecule has 98 valence electrons. The van der Waals surface area contributed by atoms with Gasteiger partial charge in [-0.05, 0) is 12.1 Å². The molecule has 0 fully saturated rings. The summed E-state index contributed by atoms with van der Waals surface area (Å²) in [6.07, 6.45) is 2.72. The van der Waals surface area contributed by atoms with Crippen LogP contribution in [0.5, 0.6) is 0 Å². The van der Waals surface area contributed by atoms with Gasteiger partial charge in [0.05, 0.1) is 17.2 Å². The van der Waals surface area contributed by atoms with Crippen LogP contribution in [0, 0.1) is 10.1 Å². The van der Waals surface area contributed by atoms with Gasteiger partial charge in [0.25, 0.3) is 0 Å². The standard InChI is InChI=1S/C10H11N7O2/c11-16-10-14-6-8(17(18)19)9(15-10)13-5-7-3-1-2-4-12-7/h1-4,6H,5,11H2,(H2,13,14,15,16). The van der Waals surface area contributed by atoms with Crippen LogP contribution in [0.3, 0.4) is 0 Å². The fourth-order valence-corrected chi connectivity index (χ4v) is 1.39. The molecule has 2 rings (SSSR count). The van der Waals surface area contributed by atoms with Gasteiger partial charge >= 0.3 is 5.69 Å². The largest absolute Gasteiger partial charge is 0.359 e. The number of nitrogen functional groups attached to an aromatic ring is 1. The highest BCUT2D eigenvalue weighted by atomic mass is 16.6. The second kappa shape index (κ2) is 5.69. The minimum Gasteiger partial charge on any atom is -0.359 e. The summed E-state index contributed by atoms with van der Waals surface area (Å²) >= 11 is 0. The molecule has 0 saturated carbocycles. The van der Waals surface area contributed by atoms with E-state index in [0.717, 1.165) is 11.9 Å². The molecule has 19 heavy (non-hydrogen) atoms. The van der Waals surface area contributed by atoms with E-state index in [-0.39, 0.29) is 17.5 Å². The Balaban J connectivity index is 2.20. The van der Waals surface area contributed by atoms with Gasteiger partial charge in [-0.1, -0.05) is 6.07 Å².